The number of rotatable bonds is 8. The molecule has 2 amide bonds. The fourth-order valence-electron chi connectivity index (χ4n) is 3.02. The van der Waals surface area contributed by atoms with Crippen LogP contribution in [0, 0.1) is 6.92 Å². The first-order chi connectivity index (χ1) is 14.2. The molecule has 2 rings (SSSR count). The summed E-state index contributed by atoms with van der Waals surface area (Å²) in [4.78, 5) is 38.3. The van der Waals surface area contributed by atoms with Gasteiger partial charge in [0.1, 0.15) is 0 Å². The van der Waals surface area contributed by atoms with Gasteiger partial charge in [-0.1, -0.05) is 0 Å². The van der Waals surface area contributed by atoms with Crippen LogP contribution >= 0.6 is 0 Å². The highest BCUT2D eigenvalue weighted by Crippen LogP contribution is 2.23. The molecule has 0 aliphatic carbocycles. The predicted molar refractivity (Wildman–Crippen MR) is 122 cm³/mol. The second-order valence-electron chi connectivity index (χ2n) is 7.08. The molecule has 0 atom stereocenters. The number of Topliss-reactive ketones (excluding diaryl/α,β-unsaturated/α-hetero) is 1. The Morgan fingerprint density at radius 3 is 2.10 bits per heavy atom. The first kappa shape index (κ1) is 22.9. The topological polar surface area (TPSA) is 78.5 Å². The van der Waals surface area contributed by atoms with Crippen molar-refractivity contribution in [1.29, 1.82) is 0 Å². The number of hydrogen-bond acceptors (Lipinski definition) is 4. The molecule has 2 N–H and O–H groups in total. The van der Waals surface area contributed by atoms with Gasteiger partial charge >= 0.3 is 0 Å². The normalized spacial score (nSPS) is 11.0. The number of nitrogens with zero attached hydrogens (tertiary/aromatic N) is 1. The molecule has 0 aliphatic rings. The second kappa shape index (κ2) is 10.4. The minimum Gasteiger partial charge on any atom is -0.372 e. The van der Waals surface area contributed by atoms with E-state index in [-0.39, 0.29) is 11.7 Å². The van der Waals surface area contributed by atoms with Crippen LogP contribution in [0.15, 0.2) is 54.1 Å². The Kier molecular flexibility index (Phi) is 7.92. The van der Waals surface area contributed by atoms with Crippen LogP contribution in [-0.4, -0.2) is 30.7 Å². The number of anilines is 3. The van der Waals surface area contributed by atoms with Gasteiger partial charge in [0.15, 0.2) is 5.78 Å². The molecule has 0 aliphatic heterocycles. The maximum atomic E-state index is 12.5. The quantitative estimate of drug-likeness (QED) is 0.496. The monoisotopic (exact) mass is 407 g/mol. The molecule has 30 heavy (non-hydrogen) atoms. The van der Waals surface area contributed by atoms with Crippen molar-refractivity contribution in [3.63, 3.8) is 0 Å². The minimum absolute atomic E-state index is 0.0410. The van der Waals surface area contributed by atoms with Crippen molar-refractivity contribution in [2.75, 3.05) is 28.6 Å². The first-order valence-electron chi connectivity index (χ1n) is 10.0. The average molecular weight is 408 g/mol. The smallest absolute Gasteiger partial charge is 0.251 e. The summed E-state index contributed by atoms with van der Waals surface area (Å²) < 4.78 is 0. The summed E-state index contributed by atoms with van der Waals surface area (Å²) in [5.74, 6) is -0.789. The van der Waals surface area contributed by atoms with Crippen molar-refractivity contribution in [1.82, 2.24) is 0 Å². The van der Waals surface area contributed by atoms with E-state index in [1.807, 2.05) is 25.1 Å². The third-order valence-corrected chi connectivity index (χ3v) is 4.85. The van der Waals surface area contributed by atoms with Gasteiger partial charge in [-0.05, 0) is 82.6 Å². The average Bonchev–Trinajstić information content (AvgIpc) is 2.71. The van der Waals surface area contributed by atoms with Crippen molar-refractivity contribution in [3.05, 3.63) is 65.2 Å². The van der Waals surface area contributed by atoms with Crippen LogP contribution < -0.4 is 15.5 Å². The molecule has 0 fully saturated rings. The summed E-state index contributed by atoms with van der Waals surface area (Å²) in [7, 11) is 0. The lowest BCUT2D eigenvalue weighted by Gasteiger charge is -2.22. The Bertz CT molecular complexity index is 958. The number of benzene rings is 2. The van der Waals surface area contributed by atoms with Crippen LogP contribution in [0.1, 0.15) is 43.6 Å². The summed E-state index contributed by atoms with van der Waals surface area (Å²) in [6, 6.07) is 12.5. The first-order valence-corrected chi connectivity index (χ1v) is 10.0. The SMILES string of the molecule is CCN(CC)c1ccc(NC(=O)/C(C)=C\C(=O)Nc2ccc(C(C)=O)cc2)c(C)c1. The highest BCUT2D eigenvalue weighted by molar-refractivity contribution is 6.10. The zero-order valence-electron chi connectivity index (χ0n) is 18.2. The van der Waals surface area contributed by atoms with E-state index in [0.717, 1.165) is 24.3 Å². The predicted octanol–water partition coefficient (Wildman–Crippen LogP) is 4.57. The summed E-state index contributed by atoms with van der Waals surface area (Å²) >= 11 is 0. The Morgan fingerprint density at radius 2 is 1.57 bits per heavy atom. The van der Waals surface area contributed by atoms with E-state index in [4.69, 9.17) is 0 Å². The van der Waals surface area contributed by atoms with Crippen LogP contribution in [0.4, 0.5) is 17.1 Å². The van der Waals surface area contributed by atoms with Gasteiger partial charge in [0.2, 0.25) is 5.91 Å². The Morgan fingerprint density at radius 1 is 0.933 bits per heavy atom. The Labute approximate surface area is 178 Å². The summed E-state index contributed by atoms with van der Waals surface area (Å²) in [5.41, 5.74) is 4.19. The van der Waals surface area contributed by atoms with Crippen LogP contribution in [0.25, 0.3) is 0 Å². The molecule has 2 aromatic rings. The van der Waals surface area contributed by atoms with E-state index < -0.39 is 5.91 Å². The van der Waals surface area contributed by atoms with Crippen molar-refractivity contribution >= 4 is 34.7 Å². The van der Waals surface area contributed by atoms with E-state index in [2.05, 4.69) is 29.4 Å². The fraction of sp³-hybridized carbons (Fsp3) is 0.292. The van der Waals surface area contributed by atoms with Crippen molar-refractivity contribution in [2.24, 2.45) is 0 Å². The molecule has 0 heterocycles. The van der Waals surface area contributed by atoms with Crippen LogP contribution in [0.3, 0.4) is 0 Å². The van der Waals surface area contributed by atoms with Crippen LogP contribution in [0.2, 0.25) is 0 Å². The van der Waals surface area contributed by atoms with E-state index >= 15 is 0 Å². The van der Waals surface area contributed by atoms with Gasteiger partial charge in [-0.15, -0.1) is 0 Å². The number of carbonyl (C=O) groups is 3. The van der Waals surface area contributed by atoms with Gasteiger partial charge in [-0.3, -0.25) is 14.4 Å². The maximum absolute atomic E-state index is 12.5. The molecule has 0 radical (unpaired) electrons. The number of amides is 2. The fourth-order valence-corrected chi connectivity index (χ4v) is 3.02. The second-order valence-corrected chi connectivity index (χ2v) is 7.08. The molecule has 0 spiro atoms. The molecular weight excluding hydrogens is 378 g/mol. The lowest BCUT2D eigenvalue weighted by atomic mass is 10.1. The number of aryl methyl sites for hydroxylation is 1. The van der Waals surface area contributed by atoms with Crippen molar-refractivity contribution in [3.8, 4) is 0 Å². The van der Waals surface area contributed by atoms with Gasteiger partial charge in [0.25, 0.3) is 5.91 Å². The van der Waals surface area contributed by atoms with Gasteiger partial charge < -0.3 is 15.5 Å². The molecule has 0 bridgehead atoms. The van der Waals surface area contributed by atoms with Crippen LogP contribution in [0.5, 0.6) is 0 Å². The Hall–Kier alpha value is -3.41. The number of nitrogens with one attached hydrogen (secondary N) is 2. The van der Waals surface area contributed by atoms with E-state index in [1.54, 1.807) is 31.2 Å². The summed E-state index contributed by atoms with van der Waals surface area (Å²) in [5, 5.41) is 5.55. The molecule has 2 aromatic carbocycles. The highest BCUT2D eigenvalue weighted by Gasteiger charge is 2.11. The van der Waals surface area contributed by atoms with Crippen LogP contribution in [-0.2, 0) is 9.59 Å². The third kappa shape index (κ3) is 6.04. The van der Waals surface area contributed by atoms with E-state index in [1.165, 1.54) is 13.0 Å². The van der Waals surface area contributed by atoms with E-state index in [0.29, 0.717) is 22.5 Å². The lowest BCUT2D eigenvalue weighted by Crippen LogP contribution is -2.22. The van der Waals surface area contributed by atoms with E-state index in [9.17, 15) is 14.4 Å². The van der Waals surface area contributed by atoms with Gasteiger partial charge in [0.05, 0.1) is 0 Å². The van der Waals surface area contributed by atoms with Gasteiger partial charge in [-0.25, -0.2) is 0 Å². The number of carbonyl (C=O) groups excluding carboxylic acids is 3. The lowest BCUT2D eigenvalue weighted by molar-refractivity contribution is -0.114. The zero-order valence-corrected chi connectivity index (χ0v) is 18.2. The molecule has 6 nitrogen and oxygen atoms in total. The van der Waals surface area contributed by atoms with Crippen molar-refractivity contribution in [2.45, 2.75) is 34.6 Å². The van der Waals surface area contributed by atoms with Gasteiger partial charge in [-0.2, -0.15) is 0 Å². The molecule has 158 valence electrons. The maximum Gasteiger partial charge on any atom is 0.251 e. The summed E-state index contributed by atoms with van der Waals surface area (Å²) in [6.07, 6.45) is 1.26. The van der Waals surface area contributed by atoms with Crippen molar-refractivity contribution < 1.29 is 14.4 Å². The molecule has 0 aromatic heterocycles. The standard InChI is InChI=1S/C24H29N3O3/c1-6-27(7-2)21-12-13-22(16(3)14-21)26-24(30)17(4)15-23(29)25-20-10-8-19(9-11-20)18(5)28/h8-15H,6-7H2,1-5H3,(H,25,29)(H,26,30)/b17-15-. The molecule has 0 unspecified atom stereocenters. The largest absolute Gasteiger partial charge is 0.372 e. The third-order valence-electron chi connectivity index (χ3n) is 4.85. The van der Waals surface area contributed by atoms with Gasteiger partial charge in [0, 0.05) is 47.4 Å². The number of hydrogen-bond donors (Lipinski definition) is 2. The zero-order chi connectivity index (χ0) is 22.3. The molecule has 0 saturated carbocycles. The molecular formula is C24H29N3O3. The Balaban J connectivity index is 2.03. The molecule has 0 saturated heterocycles. The minimum atomic E-state index is -0.410. The highest BCUT2D eigenvalue weighted by atomic mass is 16.2. The number of ketones is 1. The summed E-state index contributed by atoms with van der Waals surface area (Å²) in [6.45, 7) is 11.0. The molecule has 6 heteroatoms.